The Bertz CT molecular complexity index is 602. The number of phenols is 1. The normalized spacial score (nSPS) is 10.1. The van der Waals surface area contributed by atoms with Gasteiger partial charge in [0.15, 0.2) is 0 Å². The minimum atomic E-state index is -0.298. The molecule has 0 spiro atoms. The largest absolute Gasteiger partial charge is 0.507 e. The van der Waals surface area contributed by atoms with E-state index in [1.165, 1.54) is 6.07 Å². The van der Waals surface area contributed by atoms with Crippen LogP contribution in [0, 0.1) is 0 Å². The van der Waals surface area contributed by atoms with E-state index in [2.05, 4.69) is 21.2 Å². The quantitative estimate of drug-likeness (QED) is 0.786. The first-order valence-corrected chi connectivity index (χ1v) is 7.40. The number of halogens is 1. The van der Waals surface area contributed by atoms with Crippen LogP contribution in [0.5, 0.6) is 11.5 Å². The highest BCUT2D eigenvalue weighted by Crippen LogP contribution is 2.21. The predicted octanol–water partition coefficient (Wildman–Crippen LogP) is 3.35. The molecule has 0 aromatic heterocycles. The first-order valence-electron chi connectivity index (χ1n) is 6.61. The van der Waals surface area contributed by atoms with Crippen molar-refractivity contribution >= 4 is 21.8 Å². The van der Waals surface area contributed by atoms with Crippen molar-refractivity contribution in [2.24, 2.45) is 0 Å². The van der Waals surface area contributed by atoms with Crippen LogP contribution < -0.4 is 10.1 Å². The predicted molar refractivity (Wildman–Crippen MR) is 84.7 cm³/mol. The maximum absolute atomic E-state index is 11.9. The van der Waals surface area contributed by atoms with Gasteiger partial charge in [0.1, 0.15) is 11.5 Å². The van der Waals surface area contributed by atoms with E-state index in [-0.39, 0.29) is 17.2 Å². The molecule has 0 unspecified atom stereocenters. The molecular weight excluding hydrogens is 334 g/mol. The van der Waals surface area contributed by atoms with E-state index in [0.29, 0.717) is 19.6 Å². The van der Waals surface area contributed by atoms with E-state index in [0.717, 1.165) is 10.2 Å². The van der Waals surface area contributed by atoms with Crippen LogP contribution in [-0.4, -0.2) is 24.2 Å². The van der Waals surface area contributed by atoms with Gasteiger partial charge in [-0.15, -0.1) is 0 Å². The molecule has 0 aliphatic rings. The Morgan fingerprint density at radius 3 is 2.71 bits per heavy atom. The summed E-state index contributed by atoms with van der Waals surface area (Å²) in [4.78, 5) is 11.9. The molecule has 0 radical (unpaired) electrons. The Morgan fingerprint density at radius 1 is 1.19 bits per heavy atom. The standard InChI is InChI=1S/C16H16BrNO3/c17-12-7-8-15(19)14(11-12)16(20)18-9-4-10-21-13-5-2-1-3-6-13/h1-3,5-8,11,19H,4,9-10H2,(H,18,20). The van der Waals surface area contributed by atoms with Crippen molar-refractivity contribution in [3.05, 3.63) is 58.6 Å². The van der Waals surface area contributed by atoms with Gasteiger partial charge in [0, 0.05) is 11.0 Å². The van der Waals surface area contributed by atoms with Gasteiger partial charge in [-0.3, -0.25) is 4.79 Å². The summed E-state index contributed by atoms with van der Waals surface area (Å²) in [6.45, 7) is 1.01. The Morgan fingerprint density at radius 2 is 1.95 bits per heavy atom. The second kappa shape index (κ2) is 7.69. The van der Waals surface area contributed by atoms with E-state index in [4.69, 9.17) is 4.74 Å². The summed E-state index contributed by atoms with van der Waals surface area (Å²) in [5.74, 6) is 0.484. The summed E-state index contributed by atoms with van der Waals surface area (Å²) in [7, 11) is 0. The van der Waals surface area contributed by atoms with E-state index in [9.17, 15) is 9.90 Å². The van der Waals surface area contributed by atoms with Crippen LogP contribution in [0.3, 0.4) is 0 Å². The van der Waals surface area contributed by atoms with Crippen LogP contribution >= 0.6 is 15.9 Å². The molecule has 21 heavy (non-hydrogen) atoms. The zero-order valence-corrected chi connectivity index (χ0v) is 13.0. The van der Waals surface area contributed by atoms with Crippen molar-refractivity contribution in [3.8, 4) is 11.5 Å². The molecular formula is C16H16BrNO3. The number of para-hydroxylation sites is 1. The molecule has 0 aliphatic carbocycles. The first kappa shape index (κ1) is 15.4. The van der Waals surface area contributed by atoms with Gasteiger partial charge >= 0.3 is 0 Å². The van der Waals surface area contributed by atoms with Gasteiger partial charge in [0.2, 0.25) is 0 Å². The van der Waals surface area contributed by atoms with Crippen molar-refractivity contribution in [3.63, 3.8) is 0 Å². The van der Waals surface area contributed by atoms with Gasteiger partial charge in [-0.25, -0.2) is 0 Å². The molecule has 0 fully saturated rings. The summed E-state index contributed by atoms with van der Waals surface area (Å²) in [6, 6.07) is 14.3. The molecule has 5 heteroatoms. The highest BCUT2D eigenvalue weighted by molar-refractivity contribution is 9.10. The molecule has 2 aromatic carbocycles. The first-order chi connectivity index (χ1) is 10.2. The van der Waals surface area contributed by atoms with Crippen LogP contribution in [0.4, 0.5) is 0 Å². The zero-order chi connectivity index (χ0) is 15.1. The number of carbonyl (C=O) groups excluding carboxylic acids is 1. The van der Waals surface area contributed by atoms with Gasteiger partial charge in [-0.2, -0.15) is 0 Å². The summed E-state index contributed by atoms with van der Waals surface area (Å²) in [5, 5.41) is 12.4. The van der Waals surface area contributed by atoms with E-state index >= 15 is 0 Å². The maximum Gasteiger partial charge on any atom is 0.255 e. The number of carbonyl (C=O) groups is 1. The minimum absolute atomic E-state index is 0.0313. The molecule has 0 atom stereocenters. The average Bonchev–Trinajstić information content (AvgIpc) is 2.50. The number of ether oxygens (including phenoxy) is 1. The third-order valence-electron chi connectivity index (χ3n) is 2.82. The van der Waals surface area contributed by atoms with Crippen LogP contribution in [0.25, 0.3) is 0 Å². The second-order valence-electron chi connectivity index (χ2n) is 4.43. The summed E-state index contributed by atoms with van der Waals surface area (Å²) < 4.78 is 6.28. The third-order valence-corrected chi connectivity index (χ3v) is 3.32. The Hall–Kier alpha value is -2.01. The number of benzene rings is 2. The summed E-state index contributed by atoms with van der Waals surface area (Å²) >= 11 is 3.27. The molecule has 110 valence electrons. The molecule has 2 rings (SSSR count). The van der Waals surface area contributed by atoms with Crippen LogP contribution in [-0.2, 0) is 0 Å². The lowest BCUT2D eigenvalue weighted by molar-refractivity contribution is 0.0949. The van der Waals surface area contributed by atoms with Crippen molar-refractivity contribution in [1.29, 1.82) is 0 Å². The highest BCUT2D eigenvalue weighted by atomic mass is 79.9. The molecule has 0 saturated heterocycles. The molecule has 0 aliphatic heterocycles. The molecule has 4 nitrogen and oxygen atoms in total. The zero-order valence-electron chi connectivity index (χ0n) is 11.4. The van der Waals surface area contributed by atoms with Crippen molar-refractivity contribution in [1.82, 2.24) is 5.32 Å². The molecule has 1 amide bonds. The summed E-state index contributed by atoms with van der Waals surface area (Å²) in [6.07, 6.45) is 0.690. The lowest BCUT2D eigenvalue weighted by Crippen LogP contribution is -2.25. The second-order valence-corrected chi connectivity index (χ2v) is 5.35. The fourth-order valence-corrected chi connectivity index (χ4v) is 2.13. The summed E-state index contributed by atoms with van der Waals surface area (Å²) in [5.41, 5.74) is 0.258. The SMILES string of the molecule is O=C(NCCCOc1ccccc1)c1cc(Br)ccc1O. The number of aromatic hydroxyl groups is 1. The van der Waals surface area contributed by atoms with Gasteiger partial charge in [0.25, 0.3) is 5.91 Å². The molecule has 2 aromatic rings. The number of rotatable bonds is 6. The highest BCUT2D eigenvalue weighted by Gasteiger charge is 2.10. The van der Waals surface area contributed by atoms with Crippen LogP contribution in [0.2, 0.25) is 0 Å². The lowest BCUT2D eigenvalue weighted by Gasteiger charge is -2.08. The van der Waals surface area contributed by atoms with Crippen molar-refractivity contribution in [2.75, 3.05) is 13.2 Å². The van der Waals surface area contributed by atoms with E-state index in [1.54, 1.807) is 12.1 Å². The van der Waals surface area contributed by atoms with Gasteiger partial charge < -0.3 is 15.2 Å². The third kappa shape index (κ3) is 4.79. The fourth-order valence-electron chi connectivity index (χ4n) is 1.77. The minimum Gasteiger partial charge on any atom is -0.507 e. The van der Waals surface area contributed by atoms with Crippen LogP contribution in [0.15, 0.2) is 53.0 Å². The average molecular weight is 350 g/mol. The van der Waals surface area contributed by atoms with E-state index in [1.807, 2.05) is 30.3 Å². The number of hydrogen-bond donors (Lipinski definition) is 2. The molecule has 2 N–H and O–H groups in total. The van der Waals surface area contributed by atoms with E-state index < -0.39 is 0 Å². The molecule has 0 saturated carbocycles. The van der Waals surface area contributed by atoms with Crippen LogP contribution in [0.1, 0.15) is 16.8 Å². The Balaban J connectivity index is 1.73. The smallest absolute Gasteiger partial charge is 0.255 e. The molecule has 0 heterocycles. The lowest BCUT2D eigenvalue weighted by atomic mass is 10.2. The number of amides is 1. The van der Waals surface area contributed by atoms with Gasteiger partial charge in [-0.05, 0) is 36.8 Å². The van der Waals surface area contributed by atoms with Gasteiger partial charge in [-0.1, -0.05) is 34.1 Å². The van der Waals surface area contributed by atoms with Gasteiger partial charge in [0.05, 0.1) is 12.2 Å². The van der Waals surface area contributed by atoms with Crippen molar-refractivity contribution < 1.29 is 14.6 Å². The Labute approximate surface area is 131 Å². The maximum atomic E-state index is 11.9. The fraction of sp³-hybridized carbons (Fsp3) is 0.188. The monoisotopic (exact) mass is 349 g/mol. The molecule has 0 bridgehead atoms. The topological polar surface area (TPSA) is 58.6 Å². The number of hydrogen-bond acceptors (Lipinski definition) is 3. The van der Waals surface area contributed by atoms with Crippen molar-refractivity contribution in [2.45, 2.75) is 6.42 Å². The Kier molecular flexibility index (Phi) is 5.63. The number of phenolic OH excluding ortho intramolecular Hbond substituents is 1. The number of nitrogens with one attached hydrogen (secondary N) is 1.